The van der Waals surface area contributed by atoms with E-state index in [1.807, 2.05) is 28.8 Å². The number of H-pyrrole nitrogens is 1. The van der Waals surface area contributed by atoms with Gasteiger partial charge in [-0.3, -0.25) is 4.79 Å². The summed E-state index contributed by atoms with van der Waals surface area (Å²) >= 11 is 0. The Kier molecular flexibility index (Phi) is 3.65. The van der Waals surface area contributed by atoms with E-state index in [0.717, 1.165) is 5.52 Å². The first kappa shape index (κ1) is 13.9. The maximum atomic E-state index is 12.2. The Hall–Kier alpha value is -3.02. The molecule has 0 radical (unpaired) electrons. The van der Waals surface area contributed by atoms with Crippen LogP contribution in [0, 0.1) is 0 Å². The van der Waals surface area contributed by atoms with Gasteiger partial charge in [0.15, 0.2) is 0 Å². The number of esters is 1. The SMILES string of the molecule is CCOC(=O)c1cc(NC(=O)c2cc3ccccn3c2)c[nH]1. The quantitative estimate of drug-likeness (QED) is 0.727. The summed E-state index contributed by atoms with van der Waals surface area (Å²) in [5, 5.41) is 2.75. The number of amides is 1. The van der Waals surface area contributed by atoms with E-state index in [4.69, 9.17) is 4.74 Å². The summed E-state index contributed by atoms with van der Waals surface area (Å²) in [5.74, 6) is -0.685. The second kappa shape index (κ2) is 5.77. The lowest BCUT2D eigenvalue weighted by atomic mass is 10.3. The standard InChI is InChI=1S/C16H15N3O3/c1-2-22-16(21)14-8-12(9-17-14)18-15(20)11-7-13-5-3-4-6-19(13)10-11/h3-10,17H,2H2,1H3,(H,18,20). The van der Waals surface area contributed by atoms with Gasteiger partial charge >= 0.3 is 5.97 Å². The van der Waals surface area contributed by atoms with E-state index in [-0.39, 0.29) is 5.91 Å². The van der Waals surface area contributed by atoms with E-state index in [1.165, 1.54) is 0 Å². The number of hydrogen-bond donors (Lipinski definition) is 2. The first-order chi connectivity index (χ1) is 10.7. The number of anilines is 1. The molecule has 3 aromatic heterocycles. The molecule has 112 valence electrons. The van der Waals surface area contributed by atoms with Gasteiger partial charge in [0.1, 0.15) is 5.69 Å². The number of pyridine rings is 1. The highest BCUT2D eigenvalue weighted by molar-refractivity contribution is 6.05. The highest BCUT2D eigenvalue weighted by Crippen LogP contribution is 2.14. The van der Waals surface area contributed by atoms with Crippen molar-refractivity contribution in [3.8, 4) is 0 Å². The van der Waals surface area contributed by atoms with Crippen molar-refractivity contribution in [2.75, 3.05) is 11.9 Å². The average Bonchev–Trinajstić information content (AvgIpc) is 3.13. The second-order valence-electron chi connectivity index (χ2n) is 4.74. The van der Waals surface area contributed by atoms with Crippen molar-refractivity contribution in [3.05, 3.63) is 60.2 Å². The number of aromatic nitrogens is 2. The Morgan fingerprint density at radius 1 is 1.32 bits per heavy atom. The van der Waals surface area contributed by atoms with E-state index in [1.54, 1.807) is 31.5 Å². The van der Waals surface area contributed by atoms with E-state index in [0.29, 0.717) is 23.6 Å². The van der Waals surface area contributed by atoms with Gasteiger partial charge in [0.2, 0.25) is 0 Å². The molecule has 0 saturated heterocycles. The molecule has 0 atom stereocenters. The zero-order chi connectivity index (χ0) is 15.5. The molecule has 0 unspecified atom stereocenters. The molecule has 0 aliphatic rings. The van der Waals surface area contributed by atoms with Crippen LogP contribution in [0.2, 0.25) is 0 Å². The van der Waals surface area contributed by atoms with Crippen molar-refractivity contribution in [2.24, 2.45) is 0 Å². The molecule has 3 heterocycles. The molecule has 0 saturated carbocycles. The summed E-state index contributed by atoms with van der Waals surface area (Å²) in [6.45, 7) is 2.04. The predicted molar refractivity (Wildman–Crippen MR) is 82.1 cm³/mol. The monoisotopic (exact) mass is 297 g/mol. The zero-order valence-corrected chi connectivity index (χ0v) is 12.0. The Balaban J connectivity index is 1.75. The topological polar surface area (TPSA) is 75.6 Å². The summed E-state index contributed by atoms with van der Waals surface area (Å²) < 4.78 is 6.76. The van der Waals surface area contributed by atoms with Crippen molar-refractivity contribution >= 4 is 23.1 Å². The summed E-state index contributed by atoms with van der Waals surface area (Å²) in [6.07, 6.45) is 5.19. The molecule has 3 rings (SSSR count). The Morgan fingerprint density at radius 3 is 2.95 bits per heavy atom. The summed E-state index contributed by atoms with van der Waals surface area (Å²) in [6, 6.07) is 9.08. The molecule has 22 heavy (non-hydrogen) atoms. The largest absolute Gasteiger partial charge is 0.461 e. The number of hydrogen-bond acceptors (Lipinski definition) is 3. The van der Waals surface area contributed by atoms with Crippen molar-refractivity contribution < 1.29 is 14.3 Å². The van der Waals surface area contributed by atoms with Gasteiger partial charge in [0, 0.05) is 24.1 Å². The van der Waals surface area contributed by atoms with Crippen LogP contribution in [0.3, 0.4) is 0 Å². The lowest BCUT2D eigenvalue weighted by Crippen LogP contribution is -2.10. The summed E-state index contributed by atoms with van der Waals surface area (Å²) in [5.41, 5.74) is 2.31. The number of nitrogens with zero attached hydrogens (tertiary/aromatic N) is 1. The third-order valence-corrected chi connectivity index (χ3v) is 3.20. The highest BCUT2D eigenvalue weighted by atomic mass is 16.5. The van der Waals surface area contributed by atoms with E-state index >= 15 is 0 Å². The second-order valence-corrected chi connectivity index (χ2v) is 4.74. The van der Waals surface area contributed by atoms with Gasteiger partial charge in [-0.15, -0.1) is 0 Å². The first-order valence-electron chi connectivity index (χ1n) is 6.91. The van der Waals surface area contributed by atoms with Crippen LogP contribution in [0.15, 0.2) is 48.9 Å². The number of aromatic amines is 1. The Labute approximate surface area is 126 Å². The van der Waals surface area contributed by atoms with Gasteiger partial charge < -0.3 is 19.4 Å². The number of nitrogens with one attached hydrogen (secondary N) is 2. The van der Waals surface area contributed by atoms with Crippen LogP contribution in [-0.2, 0) is 4.74 Å². The Bertz CT molecular complexity index is 799. The van der Waals surface area contributed by atoms with E-state index in [2.05, 4.69) is 10.3 Å². The molecular weight excluding hydrogens is 282 g/mol. The van der Waals surface area contributed by atoms with E-state index < -0.39 is 5.97 Å². The fourth-order valence-electron chi connectivity index (χ4n) is 2.18. The van der Waals surface area contributed by atoms with Crippen molar-refractivity contribution in [1.29, 1.82) is 0 Å². The molecule has 0 aromatic carbocycles. The number of ether oxygens (including phenoxy) is 1. The van der Waals surface area contributed by atoms with Gasteiger partial charge in [0.25, 0.3) is 5.91 Å². The minimum Gasteiger partial charge on any atom is -0.461 e. The van der Waals surface area contributed by atoms with Crippen molar-refractivity contribution in [3.63, 3.8) is 0 Å². The fraction of sp³-hybridized carbons (Fsp3) is 0.125. The van der Waals surface area contributed by atoms with Crippen LogP contribution in [0.5, 0.6) is 0 Å². The smallest absolute Gasteiger partial charge is 0.354 e. The molecule has 0 aliphatic heterocycles. The minimum atomic E-state index is -0.447. The van der Waals surface area contributed by atoms with Crippen LogP contribution in [-0.4, -0.2) is 27.9 Å². The van der Waals surface area contributed by atoms with Crippen LogP contribution in [0.25, 0.3) is 5.52 Å². The molecule has 0 bridgehead atoms. The maximum absolute atomic E-state index is 12.2. The maximum Gasteiger partial charge on any atom is 0.354 e. The molecule has 0 aliphatic carbocycles. The fourth-order valence-corrected chi connectivity index (χ4v) is 2.18. The molecule has 1 amide bonds. The number of carbonyl (C=O) groups is 2. The lowest BCUT2D eigenvalue weighted by molar-refractivity contribution is 0.0520. The van der Waals surface area contributed by atoms with Crippen molar-refractivity contribution in [1.82, 2.24) is 9.38 Å². The third kappa shape index (κ3) is 2.71. The third-order valence-electron chi connectivity index (χ3n) is 3.20. The minimum absolute atomic E-state index is 0.238. The van der Waals surface area contributed by atoms with Crippen LogP contribution >= 0.6 is 0 Å². The van der Waals surface area contributed by atoms with Crippen LogP contribution < -0.4 is 5.32 Å². The van der Waals surface area contributed by atoms with Crippen molar-refractivity contribution in [2.45, 2.75) is 6.92 Å². The van der Waals surface area contributed by atoms with Gasteiger partial charge in [-0.05, 0) is 31.2 Å². The molecule has 6 heteroatoms. The number of fused-ring (bicyclic) bond motifs is 1. The van der Waals surface area contributed by atoms with Gasteiger partial charge in [-0.2, -0.15) is 0 Å². The zero-order valence-electron chi connectivity index (χ0n) is 12.0. The van der Waals surface area contributed by atoms with Crippen LogP contribution in [0.1, 0.15) is 27.8 Å². The number of rotatable bonds is 4. The molecule has 3 aromatic rings. The number of carbonyl (C=O) groups excluding carboxylic acids is 2. The van der Waals surface area contributed by atoms with E-state index in [9.17, 15) is 9.59 Å². The molecular formula is C16H15N3O3. The van der Waals surface area contributed by atoms with Gasteiger partial charge in [-0.25, -0.2) is 4.79 Å². The average molecular weight is 297 g/mol. The molecule has 2 N–H and O–H groups in total. The van der Waals surface area contributed by atoms with Crippen LogP contribution in [0.4, 0.5) is 5.69 Å². The predicted octanol–water partition coefficient (Wildman–Crippen LogP) is 2.70. The van der Waals surface area contributed by atoms with Gasteiger partial charge in [0.05, 0.1) is 17.9 Å². The molecule has 0 fully saturated rings. The van der Waals surface area contributed by atoms with Gasteiger partial charge in [-0.1, -0.05) is 6.07 Å². The lowest BCUT2D eigenvalue weighted by Gasteiger charge is -1.99. The summed E-state index contributed by atoms with van der Waals surface area (Å²) in [4.78, 5) is 26.6. The first-order valence-corrected chi connectivity index (χ1v) is 6.91. The summed E-state index contributed by atoms with van der Waals surface area (Å²) in [7, 11) is 0. The Morgan fingerprint density at radius 2 is 2.18 bits per heavy atom. The normalized spacial score (nSPS) is 10.6. The molecule has 0 spiro atoms. The molecule has 6 nitrogen and oxygen atoms in total. The highest BCUT2D eigenvalue weighted by Gasteiger charge is 2.13.